The molecular formula is C10H7ClN2O3. The monoisotopic (exact) mass is 238 g/mol. The van der Waals surface area contributed by atoms with Crippen LogP contribution in [0, 0.1) is 0 Å². The summed E-state index contributed by atoms with van der Waals surface area (Å²) >= 11 is 5.75. The first-order valence-corrected chi connectivity index (χ1v) is 4.73. The highest BCUT2D eigenvalue weighted by atomic mass is 35.5. The van der Waals surface area contributed by atoms with Crippen LogP contribution in [0.2, 0.25) is 5.15 Å². The average molecular weight is 239 g/mol. The number of hydrogen-bond donors (Lipinski definition) is 3. The van der Waals surface area contributed by atoms with Gasteiger partial charge in [0, 0.05) is 16.5 Å². The lowest BCUT2D eigenvalue weighted by Crippen LogP contribution is -2.12. The zero-order valence-electron chi connectivity index (χ0n) is 7.95. The van der Waals surface area contributed by atoms with Crippen molar-refractivity contribution in [1.82, 2.24) is 4.98 Å². The number of aromatic amines is 1. The third-order valence-electron chi connectivity index (χ3n) is 2.26. The average Bonchev–Trinajstić information content (AvgIpc) is 2.52. The highest BCUT2D eigenvalue weighted by Gasteiger charge is 2.20. The Kier molecular flexibility index (Phi) is 2.32. The van der Waals surface area contributed by atoms with Gasteiger partial charge in [-0.15, -0.1) is 0 Å². The van der Waals surface area contributed by atoms with E-state index in [1.165, 1.54) is 6.07 Å². The molecule has 0 spiro atoms. The summed E-state index contributed by atoms with van der Waals surface area (Å²) in [6.45, 7) is 0. The van der Waals surface area contributed by atoms with Gasteiger partial charge in [-0.05, 0) is 12.1 Å². The number of carboxylic acids is 1. The van der Waals surface area contributed by atoms with Crippen molar-refractivity contribution in [2.24, 2.45) is 5.73 Å². The quantitative estimate of drug-likeness (QED) is 0.742. The summed E-state index contributed by atoms with van der Waals surface area (Å²) in [6.07, 6.45) is 0. The van der Waals surface area contributed by atoms with Gasteiger partial charge in [0.2, 0.25) is 5.91 Å². The van der Waals surface area contributed by atoms with Gasteiger partial charge >= 0.3 is 5.97 Å². The van der Waals surface area contributed by atoms with E-state index in [4.69, 9.17) is 22.4 Å². The molecular weight excluding hydrogens is 232 g/mol. The van der Waals surface area contributed by atoms with Crippen molar-refractivity contribution in [3.63, 3.8) is 0 Å². The van der Waals surface area contributed by atoms with Gasteiger partial charge in [-0.3, -0.25) is 4.79 Å². The molecule has 0 unspecified atom stereocenters. The minimum absolute atomic E-state index is 0.0174. The van der Waals surface area contributed by atoms with E-state index in [1.807, 2.05) is 0 Å². The number of rotatable bonds is 2. The number of halogens is 1. The zero-order valence-corrected chi connectivity index (χ0v) is 8.71. The van der Waals surface area contributed by atoms with Crippen LogP contribution in [-0.4, -0.2) is 22.0 Å². The number of carbonyl (C=O) groups excluding carboxylic acids is 1. The van der Waals surface area contributed by atoms with Crippen molar-refractivity contribution in [1.29, 1.82) is 0 Å². The summed E-state index contributed by atoms with van der Waals surface area (Å²) in [6, 6.07) is 4.68. The molecule has 6 heteroatoms. The van der Waals surface area contributed by atoms with Crippen LogP contribution >= 0.6 is 11.6 Å². The Bertz CT molecular complexity index is 603. The van der Waals surface area contributed by atoms with Gasteiger partial charge in [0.15, 0.2) is 0 Å². The third kappa shape index (κ3) is 1.42. The number of nitrogens with two attached hydrogens (primary N) is 1. The van der Waals surface area contributed by atoms with Gasteiger partial charge < -0.3 is 15.8 Å². The molecule has 0 radical (unpaired) electrons. The van der Waals surface area contributed by atoms with Crippen molar-refractivity contribution in [3.05, 3.63) is 34.5 Å². The number of carbonyl (C=O) groups is 2. The van der Waals surface area contributed by atoms with Crippen LogP contribution < -0.4 is 5.73 Å². The van der Waals surface area contributed by atoms with Crippen LogP contribution in [0.15, 0.2) is 18.2 Å². The molecule has 1 aromatic carbocycles. The number of nitrogens with one attached hydrogen (secondary N) is 1. The molecule has 82 valence electrons. The molecule has 2 aromatic rings. The van der Waals surface area contributed by atoms with Crippen LogP contribution in [-0.2, 0) is 0 Å². The molecule has 0 aliphatic rings. The van der Waals surface area contributed by atoms with Gasteiger partial charge in [-0.25, -0.2) is 4.79 Å². The maximum atomic E-state index is 11.2. The highest BCUT2D eigenvalue weighted by molar-refractivity contribution is 6.35. The Labute approximate surface area is 94.8 Å². The minimum Gasteiger partial charge on any atom is -0.478 e. The van der Waals surface area contributed by atoms with Crippen LogP contribution in [0.1, 0.15) is 20.7 Å². The lowest BCUT2D eigenvalue weighted by molar-refractivity contribution is 0.0699. The Morgan fingerprint density at radius 2 is 2.06 bits per heavy atom. The van der Waals surface area contributed by atoms with Gasteiger partial charge in [0.25, 0.3) is 0 Å². The van der Waals surface area contributed by atoms with E-state index < -0.39 is 11.9 Å². The van der Waals surface area contributed by atoms with Crippen molar-refractivity contribution in [2.75, 3.05) is 0 Å². The maximum absolute atomic E-state index is 11.2. The van der Waals surface area contributed by atoms with Gasteiger partial charge in [-0.2, -0.15) is 0 Å². The first-order valence-electron chi connectivity index (χ1n) is 4.35. The van der Waals surface area contributed by atoms with E-state index >= 15 is 0 Å². The second-order valence-electron chi connectivity index (χ2n) is 3.21. The summed E-state index contributed by atoms with van der Waals surface area (Å²) in [4.78, 5) is 24.9. The molecule has 0 aliphatic carbocycles. The van der Waals surface area contributed by atoms with Crippen molar-refractivity contribution in [3.8, 4) is 0 Å². The van der Waals surface area contributed by atoms with Crippen LogP contribution in [0.4, 0.5) is 0 Å². The number of carboxylic acid groups (broad SMARTS) is 1. The van der Waals surface area contributed by atoms with Crippen molar-refractivity contribution >= 4 is 34.4 Å². The normalized spacial score (nSPS) is 10.6. The zero-order chi connectivity index (χ0) is 11.9. The Hall–Kier alpha value is -2.01. The molecule has 4 N–H and O–H groups in total. The predicted molar refractivity (Wildman–Crippen MR) is 58.8 cm³/mol. The number of amides is 1. The molecule has 0 fully saturated rings. The fourth-order valence-corrected chi connectivity index (χ4v) is 1.90. The number of aromatic carboxylic acids is 1. The second kappa shape index (κ2) is 3.53. The van der Waals surface area contributed by atoms with E-state index in [1.54, 1.807) is 12.1 Å². The van der Waals surface area contributed by atoms with Crippen LogP contribution in [0.3, 0.4) is 0 Å². The SMILES string of the molecule is NC(=O)c1cccc2[nH]c(Cl)c(C(=O)O)c12. The number of aromatic nitrogens is 1. The number of fused-ring (bicyclic) bond motifs is 1. The molecule has 1 heterocycles. The fourth-order valence-electron chi connectivity index (χ4n) is 1.62. The van der Waals surface area contributed by atoms with E-state index in [2.05, 4.69) is 4.98 Å². The van der Waals surface area contributed by atoms with Gasteiger partial charge in [-0.1, -0.05) is 17.7 Å². The van der Waals surface area contributed by atoms with E-state index in [0.717, 1.165) is 0 Å². The van der Waals surface area contributed by atoms with Crippen LogP contribution in [0.25, 0.3) is 10.9 Å². The lowest BCUT2D eigenvalue weighted by atomic mass is 10.1. The molecule has 0 saturated carbocycles. The topological polar surface area (TPSA) is 96.2 Å². The van der Waals surface area contributed by atoms with E-state index in [-0.39, 0.29) is 21.7 Å². The van der Waals surface area contributed by atoms with E-state index in [9.17, 15) is 9.59 Å². The second-order valence-corrected chi connectivity index (χ2v) is 3.59. The molecule has 1 amide bonds. The first kappa shape index (κ1) is 10.5. The summed E-state index contributed by atoms with van der Waals surface area (Å²) in [5, 5.41) is 9.23. The predicted octanol–water partition coefficient (Wildman–Crippen LogP) is 1.62. The van der Waals surface area contributed by atoms with Gasteiger partial charge in [0.1, 0.15) is 10.7 Å². The van der Waals surface area contributed by atoms with Crippen molar-refractivity contribution in [2.45, 2.75) is 0 Å². The molecule has 2 rings (SSSR count). The smallest absolute Gasteiger partial charge is 0.339 e. The summed E-state index contributed by atoms with van der Waals surface area (Å²) in [5.74, 6) is -1.89. The fraction of sp³-hybridized carbons (Fsp3) is 0. The number of H-pyrrole nitrogens is 1. The molecule has 0 saturated heterocycles. The largest absolute Gasteiger partial charge is 0.478 e. The number of hydrogen-bond acceptors (Lipinski definition) is 2. The maximum Gasteiger partial charge on any atom is 0.339 e. The summed E-state index contributed by atoms with van der Waals surface area (Å²) in [5.41, 5.74) is 5.64. The standard InChI is InChI=1S/C10H7ClN2O3/c11-8-7(10(15)16)6-4(9(12)14)2-1-3-5(6)13-8/h1-3,13H,(H2,12,14)(H,15,16). The Morgan fingerprint density at radius 3 is 2.62 bits per heavy atom. The molecule has 0 bridgehead atoms. The van der Waals surface area contributed by atoms with Gasteiger partial charge in [0.05, 0.1) is 0 Å². The molecule has 5 nitrogen and oxygen atoms in total. The Morgan fingerprint density at radius 1 is 1.38 bits per heavy atom. The van der Waals surface area contributed by atoms with Crippen LogP contribution in [0.5, 0.6) is 0 Å². The Balaban J connectivity index is 2.94. The lowest BCUT2D eigenvalue weighted by Gasteiger charge is -1.99. The molecule has 0 atom stereocenters. The number of primary amides is 1. The van der Waals surface area contributed by atoms with E-state index in [0.29, 0.717) is 5.52 Å². The third-order valence-corrected chi connectivity index (χ3v) is 2.54. The minimum atomic E-state index is -1.20. The molecule has 16 heavy (non-hydrogen) atoms. The molecule has 1 aromatic heterocycles. The molecule has 0 aliphatic heterocycles. The number of benzene rings is 1. The van der Waals surface area contributed by atoms with Crippen molar-refractivity contribution < 1.29 is 14.7 Å². The summed E-state index contributed by atoms with van der Waals surface area (Å²) in [7, 11) is 0. The highest BCUT2D eigenvalue weighted by Crippen LogP contribution is 2.28. The summed E-state index contributed by atoms with van der Waals surface area (Å²) < 4.78 is 0. The first-order chi connectivity index (χ1) is 7.52.